The number of pyridine rings is 2. The molecule has 0 amide bonds. The summed E-state index contributed by atoms with van der Waals surface area (Å²) in [6, 6.07) is 2.12. The maximum Gasteiger partial charge on any atom is 0.417 e. The number of aliphatic hydroxyl groups is 1. The first-order valence-corrected chi connectivity index (χ1v) is 18.9. The number of aliphatic hydroxyl groups excluding tert-OH is 1. The highest BCUT2D eigenvalue weighted by Gasteiger charge is 2.64. The third-order valence-electron chi connectivity index (χ3n) is 10.5. The number of hydrogen-bond donors (Lipinski definition) is 1. The van der Waals surface area contributed by atoms with Gasteiger partial charge in [-0.1, -0.05) is 54.5 Å². The zero-order chi connectivity index (χ0) is 33.5. The van der Waals surface area contributed by atoms with Crippen LogP contribution in [0.3, 0.4) is 0 Å². The molecular formula is C35H47F5N2O2Si. The lowest BCUT2D eigenvalue weighted by Crippen LogP contribution is -2.44. The van der Waals surface area contributed by atoms with E-state index in [-0.39, 0.29) is 41.0 Å². The van der Waals surface area contributed by atoms with Gasteiger partial charge >= 0.3 is 6.18 Å². The van der Waals surface area contributed by atoms with E-state index in [0.717, 1.165) is 47.5 Å². The van der Waals surface area contributed by atoms with Crippen LogP contribution in [-0.4, -0.2) is 35.4 Å². The van der Waals surface area contributed by atoms with Crippen LogP contribution in [0.25, 0.3) is 5.57 Å². The fraction of sp³-hybridized carbons (Fsp3) is 0.657. The van der Waals surface area contributed by atoms with Gasteiger partial charge in [-0.05, 0) is 84.0 Å². The van der Waals surface area contributed by atoms with Crippen molar-refractivity contribution < 1.29 is 31.5 Å². The van der Waals surface area contributed by atoms with E-state index in [4.69, 9.17) is 9.41 Å². The lowest BCUT2D eigenvalue weighted by atomic mass is 9.65. The molecule has 0 bridgehead atoms. The summed E-state index contributed by atoms with van der Waals surface area (Å²) in [5.74, 6) is -2.98. The van der Waals surface area contributed by atoms with Gasteiger partial charge in [0.1, 0.15) is 6.10 Å². The highest BCUT2D eigenvalue weighted by Crippen LogP contribution is 2.64. The monoisotopic (exact) mass is 650 g/mol. The summed E-state index contributed by atoms with van der Waals surface area (Å²) in [5, 5.41) is 12.0. The van der Waals surface area contributed by atoms with Gasteiger partial charge < -0.3 is 9.53 Å². The van der Waals surface area contributed by atoms with Crippen molar-refractivity contribution in [1.29, 1.82) is 0 Å². The molecule has 1 N–H and O–H groups in total. The molecule has 2 aromatic heterocycles. The quantitative estimate of drug-likeness (QED) is 0.250. The fourth-order valence-electron chi connectivity index (χ4n) is 7.15. The van der Waals surface area contributed by atoms with E-state index < -0.39 is 43.9 Å². The largest absolute Gasteiger partial charge is 0.417 e. The second kappa shape index (κ2) is 10.9. The number of fused-ring (bicyclic) bond motifs is 2. The van der Waals surface area contributed by atoms with Crippen molar-refractivity contribution in [3.05, 3.63) is 63.7 Å². The molecule has 3 aliphatic rings. The lowest BCUT2D eigenvalue weighted by Gasteiger charge is -2.43. The number of nitrogens with zero attached hydrogens (tertiary/aromatic N) is 2. The predicted octanol–water partition coefficient (Wildman–Crippen LogP) is 9.91. The standard InChI is InChI=1S/C35H47F5N2O2Si/c1-20(2)29-27(30(43)23-11-10-22(18-41-23)35(38,39)40)26(21-12-14-34(36,37)15-13-21)28-24(42-29)16-32(6,7)19-33(28)17-25(33)44-45(8,9)31(3,4)5/h10-12,18,20,25,30,43H,13-17,19H2,1-9H3/t25?,30-,33?/m0/s1. The molecule has 3 atom stereocenters. The van der Waals surface area contributed by atoms with Gasteiger partial charge in [0.05, 0.1) is 23.1 Å². The van der Waals surface area contributed by atoms with Crippen molar-refractivity contribution in [1.82, 2.24) is 9.97 Å². The molecule has 1 saturated carbocycles. The molecule has 0 aliphatic heterocycles. The topological polar surface area (TPSA) is 55.2 Å². The Kier molecular flexibility index (Phi) is 8.31. The minimum absolute atomic E-state index is 0.0144. The summed E-state index contributed by atoms with van der Waals surface area (Å²) in [5.41, 5.74) is 3.06. The van der Waals surface area contributed by atoms with Crippen molar-refractivity contribution >= 4 is 13.9 Å². The second-order valence-electron chi connectivity index (χ2n) is 16.2. The van der Waals surface area contributed by atoms with Crippen molar-refractivity contribution in [2.24, 2.45) is 5.41 Å². The van der Waals surface area contributed by atoms with Crippen LogP contribution in [0.15, 0.2) is 24.4 Å². The average molecular weight is 651 g/mol. The summed E-state index contributed by atoms with van der Waals surface area (Å²) in [6.07, 6.45) is -2.06. The van der Waals surface area contributed by atoms with E-state index in [9.17, 15) is 27.1 Å². The van der Waals surface area contributed by atoms with Gasteiger partial charge in [-0.3, -0.25) is 9.97 Å². The molecule has 0 aromatic carbocycles. The van der Waals surface area contributed by atoms with Crippen LogP contribution in [-0.2, 0) is 22.4 Å². The molecule has 10 heteroatoms. The lowest BCUT2D eigenvalue weighted by molar-refractivity contribution is -0.137. The van der Waals surface area contributed by atoms with Gasteiger partial charge in [-0.25, -0.2) is 8.78 Å². The second-order valence-corrected chi connectivity index (χ2v) is 20.9. The maximum atomic E-state index is 14.5. The number of halogens is 5. The number of hydrogen-bond acceptors (Lipinski definition) is 4. The third kappa shape index (κ3) is 6.40. The summed E-state index contributed by atoms with van der Waals surface area (Å²) < 4.78 is 76.1. The van der Waals surface area contributed by atoms with E-state index in [1.165, 1.54) is 6.07 Å². The van der Waals surface area contributed by atoms with Gasteiger partial charge in [-0.15, -0.1) is 0 Å². The van der Waals surface area contributed by atoms with Crippen LogP contribution in [0, 0.1) is 5.41 Å². The van der Waals surface area contributed by atoms with E-state index in [1.54, 1.807) is 6.08 Å². The number of allylic oxidation sites excluding steroid dienone is 2. The molecule has 1 fully saturated rings. The number of rotatable bonds is 6. The van der Waals surface area contributed by atoms with Gasteiger partial charge in [0.2, 0.25) is 0 Å². The smallest absolute Gasteiger partial charge is 0.413 e. The zero-order valence-corrected chi connectivity index (χ0v) is 28.9. The van der Waals surface area contributed by atoms with E-state index >= 15 is 0 Å². The van der Waals surface area contributed by atoms with Crippen LogP contribution < -0.4 is 0 Å². The van der Waals surface area contributed by atoms with E-state index in [0.29, 0.717) is 17.7 Å². The predicted molar refractivity (Wildman–Crippen MR) is 169 cm³/mol. The van der Waals surface area contributed by atoms with Gasteiger partial charge in [-0.2, -0.15) is 13.2 Å². The van der Waals surface area contributed by atoms with Crippen LogP contribution in [0.2, 0.25) is 18.1 Å². The van der Waals surface area contributed by atoms with E-state index in [1.807, 2.05) is 13.8 Å². The highest BCUT2D eigenvalue weighted by atomic mass is 28.4. The van der Waals surface area contributed by atoms with Gasteiger partial charge in [0.25, 0.3) is 5.92 Å². The zero-order valence-electron chi connectivity index (χ0n) is 27.9. The molecule has 5 rings (SSSR count). The van der Waals surface area contributed by atoms with Crippen LogP contribution in [0.1, 0.15) is 132 Å². The highest BCUT2D eigenvalue weighted by molar-refractivity contribution is 6.74. The molecular weight excluding hydrogens is 603 g/mol. The van der Waals surface area contributed by atoms with Crippen molar-refractivity contribution in [2.45, 2.75) is 141 Å². The molecule has 2 heterocycles. The number of alkyl halides is 5. The van der Waals surface area contributed by atoms with Crippen molar-refractivity contribution in [3.63, 3.8) is 0 Å². The summed E-state index contributed by atoms with van der Waals surface area (Å²) in [7, 11) is -2.18. The molecule has 3 aliphatic carbocycles. The first-order valence-electron chi connectivity index (χ1n) is 16.0. The summed E-state index contributed by atoms with van der Waals surface area (Å²) in [4.78, 5) is 9.28. The Balaban J connectivity index is 1.77. The first kappa shape index (κ1) is 34.2. The number of aromatic nitrogens is 2. The summed E-state index contributed by atoms with van der Waals surface area (Å²) >= 11 is 0. The molecule has 0 saturated heterocycles. The first-order chi connectivity index (χ1) is 20.5. The molecule has 248 valence electrons. The minimum atomic E-state index is -4.57. The third-order valence-corrected chi connectivity index (χ3v) is 15.0. The van der Waals surface area contributed by atoms with Crippen molar-refractivity contribution in [3.8, 4) is 0 Å². The Morgan fingerprint density at radius 1 is 1.09 bits per heavy atom. The van der Waals surface area contributed by atoms with Gasteiger partial charge in [0, 0.05) is 35.7 Å². The molecule has 45 heavy (non-hydrogen) atoms. The van der Waals surface area contributed by atoms with Crippen molar-refractivity contribution in [2.75, 3.05) is 0 Å². The minimum Gasteiger partial charge on any atom is -0.413 e. The SMILES string of the molecule is CC(C)c1nc2c(c(C3=CCC(F)(F)CC3)c1[C@@H](O)c1ccc(C(F)(F)F)cn1)C1(CC1O[Si](C)(C)C(C)(C)C)CC(C)(C)C2. The molecule has 1 spiro atoms. The fourth-order valence-corrected chi connectivity index (χ4v) is 8.53. The Morgan fingerprint density at radius 2 is 1.76 bits per heavy atom. The average Bonchev–Trinajstić information content (AvgIpc) is 3.55. The van der Waals surface area contributed by atoms with Crippen LogP contribution in [0.5, 0.6) is 0 Å². The molecule has 0 radical (unpaired) electrons. The van der Waals surface area contributed by atoms with Gasteiger partial charge in [0.15, 0.2) is 8.32 Å². The molecule has 2 aromatic rings. The van der Waals surface area contributed by atoms with Crippen LogP contribution >= 0.6 is 0 Å². The van der Waals surface area contributed by atoms with E-state index in [2.05, 4.69) is 52.7 Å². The normalized spacial score (nSPS) is 25.2. The maximum absolute atomic E-state index is 14.5. The Morgan fingerprint density at radius 3 is 2.27 bits per heavy atom. The Hall–Kier alpha value is -2.17. The summed E-state index contributed by atoms with van der Waals surface area (Å²) in [6.45, 7) is 19.4. The molecule has 2 unspecified atom stereocenters. The Labute approximate surface area is 265 Å². The molecule has 4 nitrogen and oxygen atoms in total. The van der Waals surface area contributed by atoms with Crippen LogP contribution in [0.4, 0.5) is 22.0 Å². The Bertz CT molecular complexity index is 1490.